The average Bonchev–Trinajstić information content (AvgIpc) is 2.62. The Labute approximate surface area is 191 Å². The van der Waals surface area contributed by atoms with E-state index in [4.69, 9.17) is 18.6 Å². The fourth-order valence-corrected chi connectivity index (χ4v) is 5.75. The summed E-state index contributed by atoms with van der Waals surface area (Å²) in [4.78, 5) is 15.2. The van der Waals surface area contributed by atoms with Crippen LogP contribution in [0.3, 0.4) is 0 Å². The number of hydrogen-bond donors (Lipinski definition) is 0. The number of hydrogen-bond acceptors (Lipinski definition) is 5. The molecule has 0 radical (unpaired) electrons. The molecule has 0 bridgehead atoms. The Balaban J connectivity index is 2.24. The lowest BCUT2D eigenvalue weighted by atomic mass is 9.69. The third-order valence-corrected chi connectivity index (χ3v) is 12.0. The van der Waals surface area contributed by atoms with Gasteiger partial charge >= 0.3 is 6.09 Å². The van der Waals surface area contributed by atoms with Gasteiger partial charge in [-0.15, -0.1) is 0 Å². The quantitative estimate of drug-likeness (QED) is 0.372. The summed E-state index contributed by atoms with van der Waals surface area (Å²) < 4.78 is 23.7. The number of fused-ring (bicyclic) bond motifs is 1. The van der Waals surface area contributed by atoms with Crippen LogP contribution in [0.5, 0.6) is 0 Å². The van der Waals surface area contributed by atoms with Crippen LogP contribution in [0, 0.1) is 11.8 Å². The van der Waals surface area contributed by atoms with Crippen LogP contribution in [0.15, 0.2) is 0 Å². The molecule has 2 rings (SSSR count). The molecule has 1 saturated carbocycles. The Kier molecular flexibility index (Phi) is 8.67. The highest BCUT2D eigenvalue weighted by Crippen LogP contribution is 2.44. The molecule has 0 unspecified atom stereocenters. The number of nitrogens with zero attached hydrogens (tertiary/aromatic N) is 1. The van der Waals surface area contributed by atoms with Gasteiger partial charge in [-0.3, -0.25) is 4.90 Å². The van der Waals surface area contributed by atoms with Crippen molar-refractivity contribution in [2.45, 2.75) is 116 Å². The van der Waals surface area contributed by atoms with Gasteiger partial charge in [-0.2, -0.15) is 0 Å². The highest BCUT2D eigenvalue weighted by atomic mass is 28.4. The summed E-state index contributed by atoms with van der Waals surface area (Å²) in [6, 6.07) is 0.125. The molecule has 1 amide bonds. The van der Waals surface area contributed by atoms with Gasteiger partial charge in [0.05, 0.1) is 12.1 Å². The van der Waals surface area contributed by atoms with Crippen LogP contribution in [0.4, 0.5) is 4.79 Å². The highest BCUT2D eigenvalue weighted by Gasteiger charge is 2.49. The largest absolute Gasteiger partial charge is 0.444 e. The lowest BCUT2D eigenvalue weighted by Crippen LogP contribution is -2.62. The first kappa shape index (κ1) is 26.6. The molecule has 1 aliphatic heterocycles. The Morgan fingerprint density at radius 1 is 1.10 bits per heavy atom. The smallest absolute Gasteiger partial charge is 0.410 e. The number of rotatable bonds is 6. The van der Waals surface area contributed by atoms with E-state index in [9.17, 15) is 4.79 Å². The molecule has 31 heavy (non-hydrogen) atoms. The zero-order chi connectivity index (χ0) is 23.6. The molecular weight excluding hydrogens is 410 g/mol. The van der Waals surface area contributed by atoms with Gasteiger partial charge in [-0.05, 0) is 76.9 Å². The maximum Gasteiger partial charge on any atom is 0.410 e. The molecule has 1 saturated heterocycles. The van der Waals surface area contributed by atoms with Crippen molar-refractivity contribution in [2.24, 2.45) is 11.8 Å². The summed E-state index contributed by atoms with van der Waals surface area (Å²) in [6.45, 7) is 20.3. The van der Waals surface area contributed by atoms with Crippen LogP contribution < -0.4 is 0 Å². The Hall–Kier alpha value is -0.633. The van der Waals surface area contributed by atoms with Gasteiger partial charge in [0, 0.05) is 19.8 Å². The van der Waals surface area contributed by atoms with Crippen molar-refractivity contribution in [3.63, 3.8) is 0 Å². The molecule has 2 fully saturated rings. The molecular formula is C24H47NO5Si. The van der Waals surface area contributed by atoms with Gasteiger partial charge < -0.3 is 18.6 Å². The second kappa shape index (κ2) is 10.1. The predicted molar refractivity (Wildman–Crippen MR) is 127 cm³/mol. The number of piperidine rings is 1. The molecule has 2 aliphatic rings. The van der Waals surface area contributed by atoms with Crippen molar-refractivity contribution >= 4 is 14.4 Å². The molecule has 0 aromatic carbocycles. The van der Waals surface area contributed by atoms with Crippen LogP contribution in [-0.4, -0.2) is 63.6 Å². The minimum absolute atomic E-state index is 0.0497. The van der Waals surface area contributed by atoms with E-state index >= 15 is 0 Å². The molecule has 0 aromatic heterocycles. The summed E-state index contributed by atoms with van der Waals surface area (Å²) in [6.07, 6.45) is 3.90. The van der Waals surface area contributed by atoms with Crippen molar-refractivity contribution in [3.05, 3.63) is 0 Å². The lowest BCUT2D eigenvalue weighted by molar-refractivity contribution is -0.145. The first-order valence-electron chi connectivity index (χ1n) is 11.9. The van der Waals surface area contributed by atoms with E-state index < -0.39 is 13.9 Å². The molecule has 5 atom stereocenters. The molecule has 0 N–H and O–H groups in total. The fourth-order valence-electron chi connectivity index (χ4n) is 4.69. The molecule has 0 aromatic rings. The zero-order valence-electron chi connectivity index (χ0n) is 21.6. The number of amides is 1. The Morgan fingerprint density at radius 3 is 2.29 bits per heavy atom. The van der Waals surface area contributed by atoms with E-state index in [1.165, 1.54) is 0 Å². The van der Waals surface area contributed by atoms with Gasteiger partial charge in [-0.1, -0.05) is 27.2 Å². The number of likely N-dealkylation sites (tertiary alicyclic amines) is 1. The summed E-state index contributed by atoms with van der Waals surface area (Å²) in [5.74, 6) is 0.781. The normalized spacial score (nSPS) is 30.1. The SMILES string of the molecule is COCO[C@@H]1C[C@H]2[C@@H](CO[Si](C)(C)C(C)(C)C)CCC[C@H]2N(C(=O)OC(C)(C)C)[C@H]1C. The molecule has 1 heterocycles. The van der Waals surface area contributed by atoms with Gasteiger partial charge in [-0.25, -0.2) is 4.79 Å². The second-order valence-electron chi connectivity index (χ2n) is 12.0. The minimum atomic E-state index is -1.82. The standard InChI is InChI=1S/C24H47NO5Si/c1-17-21(28-16-27-8)14-19-18(15-29-31(9,10)24(5,6)7)12-11-13-20(19)25(17)22(26)30-23(2,3)4/h17-21H,11-16H2,1-10H3/t17-,18+,19-,20+,21+/m0/s1. The third kappa shape index (κ3) is 6.68. The number of methoxy groups -OCH3 is 1. The molecule has 182 valence electrons. The minimum Gasteiger partial charge on any atom is -0.444 e. The second-order valence-corrected chi connectivity index (χ2v) is 16.8. The van der Waals surface area contributed by atoms with Gasteiger partial charge in [0.25, 0.3) is 0 Å². The van der Waals surface area contributed by atoms with Crippen molar-refractivity contribution < 1.29 is 23.4 Å². The first-order valence-corrected chi connectivity index (χ1v) is 14.8. The molecule has 6 nitrogen and oxygen atoms in total. The number of ether oxygens (including phenoxy) is 3. The molecule has 1 aliphatic carbocycles. The van der Waals surface area contributed by atoms with Gasteiger partial charge in [0.2, 0.25) is 0 Å². The highest BCUT2D eigenvalue weighted by molar-refractivity contribution is 6.74. The van der Waals surface area contributed by atoms with E-state index in [1.807, 2.05) is 25.7 Å². The van der Waals surface area contributed by atoms with E-state index in [2.05, 4.69) is 40.8 Å². The molecule has 0 spiro atoms. The van der Waals surface area contributed by atoms with Crippen LogP contribution in [0.1, 0.15) is 74.1 Å². The first-order chi connectivity index (χ1) is 14.2. The number of carbonyl (C=O) groups is 1. The van der Waals surface area contributed by atoms with Gasteiger partial charge in [0.15, 0.2) is 8.32 Å². The monoisotopic (exact) mass is 457 g/mol. The zero-order valence-corrected chi connectivity index (χ0v) is 22.6. The van der Waals surface area contributed by atoms with Gasteiger partial charge in [0.1, 0.15) is 12.4 Å². The lowest BCUT2D eigenvalue weighted by Gasteiger charge is -2.53. The Morgan fingerprint density at radius 2 is 1.74 bits per heavy atom. The summed E-state index contributed by atoms with van der Waals surface area (Å²) in [5, 5.41) is 0.189. The van der Waals surface area contributed by atoms with E-state index in [0.717, 1.165) is 32.3 Å². The van der Waals surface area contributed by atoms with Crippen molar-refractivity contribution in [3.8, 4) is 0 Å². The molecule has 7 heteroatoms. The van der Waals surface area contributed by atoms with E-state index in [-0.39, 0.29) is 36.1 Å². The maximum atomic E-state index is 13.2. The van der Waals surface area contributed by atoms with Crippen LogP contribution in [0.25, 0.3) is 0 Å². The summed E-state index contributed by atoms with van der Waals surface area (Å²) in [7, 11) is -0.187. The third-order valence-electron chi connectivity index (χ3n) is 7.48. The maximum absolute atomic E-state index is 13.2. The summed E-state index contributed by atoms with van der Waals surface area (Å²) >= 11 is 0. The average molecular weight is 458 g/mol. The number of carbonyl (C=O) groups excluding carboxylic acids is 1. The van der Waals surface area contributed by atoms with Crippen LogP contribution in [-0.2, 0) is 18.6 Å². The topological polar surface area (TPSA) is 57.2 Å². The van der Waals surface area contributed by atoms with Crippen LogP contribution >= 0.6 is 0 Å². The van der Waals surface area contributed by atoms with Crippen molar-refractivity contribution in [1.29, 1.82) is 0 Å². The van der Waals surface area contributed by atoms with Crippen molar-refractivity contribution in [1.82, 2.24) is 4.90 Å². The Bertz CT molecular complexity index is 598. The van der Waals surface area contributed by atoms with Crippen LogP contribution in [0.2, 0.25) is 18.1 Å². The fraction of sp³-hybridized carbons (Fsp3) is 0.958. The summed E-state index contributed by atoms with van der Waals surface area (Å²) in [5.41, 5.74) is -0.522. The van der Waals surface area contributed by atoms with Crippen molar-refractivity contribution in [2.75, 3.05) is 20.5 Å². The van der Waals surface area contributed by atoms with E-state index in [0.29, 0.717) is 11.8 Å². The van der Waals surface area contributed by atoms with E-state index in [1.54, 1.807) is 7.11 Å². The predicted octanol–water partition coefficient (Wildman–Crippen LogP) is 5.81.